The van der Waals surface area contributed by atoms with Gasteiger partial charge in [-0.2, -0.15) is 0 Å². The monoisotopic (exact) mass is 236 g/mol. The summed E-state index contributed by atoms with van der Waals surface area (Å²) in [6, 6.07) is 3.88. The van der Waals surface area contributed by atoms with Gasteiger partial charge < -0.3 is 0 Å². The van der Waals surface area contributed by atoms with Gasteiger partial charge in [-0.3, -0.25) is 0 Å². The van der Waals surface area contributed by atoms with E-state index in [0.29, 0.717) is 14.5 Å². The average Bonchev–Trinajstić information content (AvgIpc) is 2.32. The zero-order valence-corrected chi connectivity index (χ0v) is 8.55. The first kappa shape index (κ1) is 8.78. The fourth-order valence-corrected chi connectivity index (χ4v) is 2.46. The molecule has 0 fully saturated rings. The van der Waals surface area contributed by atoms with Crippen LogP contribution in [-0.4, -0.2) is 29.2 Å². The van der Waals surface area contributed by atoms with Gasteiger partial charge >= 0.3 is 72.0 Å². The molecule has 1 heterocycles. The van der Waals surface area contributed by atoms with Gasteiger partial charge in [-0.15, -0.1) is 0 Å². The van der Waals surface area contributed by atoms with E-state index in [4.69, 9.17) is 0 Å². The topological polar surface area (TPSA) is 34.1 Å². The van der Waals surface area contributed by atoms with Crippen molar-refractivity contribution in [1.82, 2.24) is 0 Å². The first-order chi connectivity index (χ1) is 5.08. The molecule has 11 heavy (non-hydrogen) atoms. The van der Waals surface area contributed by atoms with Crippen LogP contribution in [0.25, 0.3) is 6.08 Å². The molecule has 1 rings (SSSR count). The zero-order chi connectivity index (χ0) is 8.32. The van der Waals surface area contributed by atoms with E-state index in [9.17, 15) is 8.42 Å². The summed E-state index contributed by atoms with van der Waals surface area (Å²) < 4.78 is 22.4. The van der Waals surface area contributed by atoms with Crippen LogP contribution in [0.4, 0.5) is 0 Å². The molecule has 0 radical (unpaired) electrons. The summed E-state index contributed by atoms with van der Waals surface area (Å²) in [6.45, 7) is 0. The SMILES string of the molecule is CS(=O)(=O)/C=C/c1ccc[se]1. The molecule has 60 valence electrons. The van der Waals surface area contributed by atoms with Crippen molar-refractivity contribution >= 4 is 30.4 Å². The Balaban J connectivity index is 2.79. The molecule has 0 amide bonds. The second-order valence-electron chi connectivity index (χ2n) is 2.15. The standard InChI is InChI=1S/C7H8O2SSe/c1-10(8,9)5-4-7-3-2-6-11-7/h2-6H,1H3/b5-4+. The Labute approximate surface area is 72.2 Å². The summed E-state index contributed by atoms with van der Waals surface area (Å²) in [4.78, 5) is 2.05. The summed E-state index contributed by atoms with van der Waals surface area (Å²) in [7, 11) is -2.95. The maximum atomic E-state index is 10.7. The van der Waals surface area contributed by atoms with E-state index in [0.717, 1.165) is 4.44 Å². The van der Waals surface area contributed by atoms with Gasteiger partial charge in [0.15, 0.2) is 0 Å². The first-order valence-electron chi connectivity index (χ1n) is 2.99. The van der Waals surface area contributed by atoms with Gasteiger partial charge in [-0.1, -0.05) is 0 Å². The number of sulfone groups is 1. The number of hydrogen-bond donors (Lipinski definition) is 0. The normalized spacial score (nSPS) is 12.5. The van der Waals surface area contributed by atoms with Gasteiger partial charge in [0, 0.05) is 0 Å². The van der Waals surface area contributed by atoms with Crippen molar-refractivity contribution in [3.63, 3.8) is 0 Å². The Morgan fingerprint density at radius 2 is 2.27 bits per heavy atom. The fraction of sp³-hybridized carbons (Fsp3) is 0.143. The van der Waals surface area contributed by atoms with Gasteiger partial charge in [0.25, 0.3) is 0 Å². The van der Waals surface area contributed by atoms with E-state index in [1.807, 2.05) is 12.1 Å². The summed E-state index contributed by atoms with van der Waals surface area (Å²) in [6.07, 6.45) is 2.86. The second-order valence-corrected chi connectivity index (χ2v) is 6.13. The third-order valence-electron chi connectivity index (χ3n) is 1.02. The van der Waals surface area contributed by atoms with E-state index in [1.165, 1.54) is 11.7 Å². The van der Waals surface area contributed by atoms with Crippen LogP contribution in [0.15, 0.2) is 22.5 Å². The predicted octanol–water partition coefficient (Wildman–Crippen LogP) is 0.759. The van der Waals surface area contributed by atoms with Crippen LogP contribution in [0.5, 0.6) is 0 Å². The molecule has 4 heteroatoms. The molecule has 1 aromatic rings. The maximum absolute atomic E-state index is 10.7. The third-order valence-corrected chi connectivity index (χ3v) is 3.41. The van der Waals surface area contributed by atoms with Gasteiger partial charge in [0.05, 0.1) is 0 Å². The molecule has 2 nitrogen and oxygen atoms in total. The van der Waals surface area contributed by atoms with Crippen LogP contribution in [0.2, 0.25) is 0 Å². The van der Waals surface area contributed by atoms with Gasteiger partial charge in [0.2, 0.25) is 0 Å². The van der Waals surface area contributed by atoms with E-state index in [2.05, 4.69) is 4.94 Å². The van der Waals surface area contributed by atoms with E-state index in [1.54, 1.807) is 6.08 Å². The molecule has 0 saturated heterocycles. The van der Waals surface area contributed by atoms with Gasteiger partial charge in [-0.25, -0.2) is 0 Å². The summed E-state index contributed by atoms with van der Waals surface area (Å²) in [5.74, 6) is 0. The van der Waals surface area contributed by atoms with Gasteiger partial charge in [0.1, 0.15) is 0 Å². The van der Waals surface area contributed by atoms with E-state index in [-0.39, 0.29) is 0 Å². The van der Waals surface area contributed by atoms with Crippen molar-refractivity contribution < 1.29 is 8.42 Å². The molecule has 0 bridgehead atoms. The summed E-state index contributed by atoms with van der Waals surface area (Å²) in [5, 5.41) is 1.24. The average molecular weight is 235 g/mol. The summed E-state index contributed by atoms with van der Waals surface area (Å²) in [5.41, 5.74) is 0. The van der Waals surface area contributed by atoms with Gasteiger partial charge in [-0.05, 0) is 0 Å². The van der Waals surface area contributed by atoms with Crippen LogP contribution in [0, 0.1) is 0 Å². The second kappa shape index (κ2) is 3.39. The number of rotatable bonds is 2. The van der Waals surface area contributed by atoms with Crippen LogP contribution in [0.1, 0.15) is 4.44 Å². The molecular weight excluding hydrogens is 227 g/mol. The van der Waals surface area contributed by atoms with E-state index >= 15 is 0 Å². The molecule has 0 atom stereocenters. The molecular formula is C7H8O2SSe. The Morgan fingerprint density at radius 3 is 2.73 bits per heavy atom. The quantitative estimate of drug-likeness (QED) is 0.709. The molecule has 0 unspecified atom stereocenters. The molecule has 0 aromatic carbocycles. The van der Waals surface area contributed by atoms with Crippen LogP contribution in [-0.2, 0) is 9.84 Å². The molecule has 0 aliphatic heterocycles. The Hall–Kier alpha value is -0.311. The zero-order valence-electron chi connectivity index (χ0n) is 6.02. The van der Waals surface area contributed by atoms with Crippen molar-refractivity contribution in [1.29, 1.82) is 0 Å². The van der Waals surface area contributed by atoms with Crippen molar-refractivity contribution in [3.05, 3.63) is 26.9 Å². The molecule has 0 aliphatic rings. The van der Waals surface area contributed by atoms with Crippen LogP contribution < -0.4 is 0 Å². The van der Waals surface area contributed by atoms with Crippen LogP contribution in [0.3, 0.4) is 0 Å². The molecule has 0 N–H and O–H groups in total. The molecule has 0 spiro atoms. The summed E-state index contributed by atoms with van der Waals surface area (Å²) >= 11 is 0.335. The third kappa shape index (κ3) is 3.56. The molecule has 0 saturated carbocycles. The Bertz CT molecular complexity index is 335. The Kier molecular flexibility index (Phi) is 2.71. The van der Waals surface area contributed by atoms with E-state index < -0.39 is 9.84 Å². The molecule has 0 aliphatic carbocycles. The van der Waals surface area contributed by atoms with Crippen LogP contribution >= 0.6 is 0 Å². The predicted molar refractivity (Wildman–Crippen MR) is 47.3 cm³/mol. The minimum absolute atomic E-state index is 0.335. The Morgan fingerprint density at radius 1 is 1.55 bits per heavy atom. The van der Waals surface area contributed by atoms with Crippen molar-refractivity contribution in [2.75, 3.05) is 6.26 Å². The minimum atomic E-state index is -2.95. The fourth-order valence-electron chi connectivity index (χ4n) is 0.577. The van der Waals surface area contributed by atoms with Crippen molar-refractivity contribution in [2.24, 2.45) is 0 Å². The van der Waals surface area contributed by atoms with Crippen molar-refractivity contribution in [2.45, 2.75) is 0 Å². The molecule has 1 aromatic heterocycles. The first-order valence-corrected chi connectivity index (χ1v) is 6.79. The van der Waals surface area contributed by atoms with Crippen molar-refractivity contribution in [3.8, 4) is 0 Å². The number of hydrogen-bond acceptors (Lipinski definition) is 2.